The number of rotatable bonds is 9. The summed E-state index contributed by atoms with van der Waals surface area (Å²) in [6, 6.07) is 12.9. The van der Waals surface area contributed by atoms with Crippen molar-refractivity contribution in [3.8, 4) is 17.2 Å². The summed E-state index contributed by atoms with van der Waals surface area (Å²) < 4.78 is 21.3. The highest BCUT2D eigenvalue weighted by Gasteiger charge is 2.17. The highest BCUT2D eigenvalue weighted by atomic mass is 16.5. The van der Waals surface area contributed by atoms with Gasteiger partial charge < -0.3 is 24.1 Å². The van der Waals surface area contributed by atoms with Gasteiger partial charge in [-0.1, -0.05) is 30.3 Å². The van der Waals surface area contributed by atoms with E-state index in [9.17, 15) is 9.59 Å². The summed E-state index contributed by atoms with van der Waals surface area (Å²) in [5.74, 6) is -0.672. The molecule has 0 fully saturated rings. The van der Waals surface area contributed by atoms with E-state index < -0.39 is 18.4 Å². The van der Waals surface area contributed by atoms with Crippen LogP contribution in [0, 0.1) is 0 Å². The second kappa shape index (κ2) is 10.0. The third-order valence-corrected chi connectivity index (χ3v) is 3.84. The molecule has 0 bridgehead atoms. The van der Waals surface area contributed by atoms with Gasteiger partial charge in [0.1, 0.15) is 6.61 Å². The second-order valence-corrected chi connectivity index (χ2v) is 5.76. The summed E-state index contributed by atoms with van der Waals surface area (Å²) >= 11 is 0. The lowest BCUT2D eigenvalue weighted by atomic mass is 10.1. The number of carboxylic acid groups (broad SMARTS) is 1. The average molecular weight is 386 g/mol. The van der Waals surface area contributed by atoms with Crippen LogP contribution in [-0.2, 0) is 20.9 Å². The topological polar surface area (TPSA) is 91.3 Å². The van der Waals surface area contributed by atoms with E-state index in [4.69, 9.17) is 19.3 Å². The van der Waals surface area contributed by atoms with Gasteiger partial charge in [0.15, 0.2) is 11.5 Å². The summed E-state index contributed by atoms with van der Waals surface area (Å²) in [6.45, 7) is 0.315. The maximum Gasteiger partial charge on any atom is 0.334 e. The van der Waals surface area contributed by atoms with Crippen LogP contribution in [0.2, 0.25) is 0 Å². The van der Waals surface area contributed by atoms with Gasteiger partial charge in [-0.15, -0.1) is 0 Å². The van der Waals surface area contributed by atoms with Gasteiger partial charge in [-0.3, -0.25) is 4.79 Å². The molecule has 0 atom stereocenters. The second-order valence-electron chi connectivity index (χ2n) is 5.76. The molecular formula is C21H22O7. The molecule has 0 spiro atoms. The fourth-order valence-corrected chi connectivity index (χ4v) is 2.53. The Balaban J connectivity index is 2.38. The van der Waals surface area contributed by atoms with Crippen molar-refractivity contribution in [2.45, 2.75) is 13.0 Å². The standard InChI is InChI=1S/C21H22O7/c1-25-17-10-15(9-16(12-19(22)23)21(24)27-3)11-18(26-2)20(17)28-13-14-7-5-4-6-8-14/h4-11H,12-13H2,1-3H3,(H,22,23)/b16-9-. The summed E-state index contributed by atoms with van der Waals surface area (Å²) in [5, 5.41) is 9.01. The monoisotopic (exact) mass is 386 g/mol. The zero-order chi connectivity index (χ0) is 20.5. The highest BCUT2D eigenvalue weighted by molar-refractivity contribution is 5.98. The fraction of sp³-hybridized carbons (Fsp3) is 0.238. The van der Waals surface area contributed by atoms with Crippen LogP contribution in [-0.4, -0.2) is 38.4 Å². The largest absolute Gasteiger partial charge is 0.493 e. The van der Waals surface area contributed by atoms with E-state index in [0.29, 0.717) is 29.4 Å². The van der Waals surface area contributed by atoms with E-state index in [1.165, 1.54) is 27.4 Å². The Kier molecular flexibility index (Phi) is 7.45. The molecule has 0 aliphatic heterocycles. The van der Waals surface area contributed by atoms with Gasteiger partial charge in [0.05, 0.1) is 27.8 Å². The van der Waals surface area contributed by atoms with Gasteiger partial charge in [-0.25, -0.2) is 4.79 Å². The molecular weight excluding hydrogens is 364 g/mol. The maximum absolute atomic E-state index is 11.8. The molecule has 2 aromatic rings. The van der Waals surface area contributed by atoms with Crippen LogP contribution in [0.4, 0.5) is 0 Å². The molecule has 148 valence electrons. The van der Waals surface area contributed by atoms with Crippen LogP contribution in [0.25, 0.3) is 6.08 Å². The van der Waals surface area contributed by atoms with Crippen molar-refractivity contribution in [3.05, 3.63) is 59.2 Å². The Morgan fingerprint density at radius 1 is 1.00 bits per heavy atom. The van der Waals surface area contributed by atoms with Crippen molar-refractivity contribution in [3.63, 3.8) is 0 Å². The predicted molar refractivity (Wildman–Crippen MR) is 103 cm³/mol. The number of hydrogen-bond acceptors (Lipinski definition) is 6. The molecule has 0 saturated heterocycles. The van der Waals surface area contributed by atoms with Crippen LogP contribution in [0.1, 0.15) is 17.5 Å². The van der Waals surface area contributed by atoms with Crippen molar-refractivity contribution in [1.82, 2.24) is 0 Å². The van der Waals surface area contributed by atoms with Gasteiger partial charge in [-0.05, 0) is 29.3 Å². The lowest BCUT2D eigenvalue weighted by Crippen LogP contribution is -2.09. The number of carboxylic acids is 1. The maximum atomic E-state index is 11.8. The van der Waals surface area contributed by atoms with Crippen molar-refractivity contribution in [2.75, 3.05) is 21.3 Å². The number of aliphatic carboxylic acids is 1. The van der Waals surface area contributed by atoms with Crippen LogP contribution in [0.3, 0.4) is 0 Å². The third kappa shape index (κ3) is 5.51. The van der Waals surface area contributed by atoms with Crippen molar-refractivity contribution in [1.29, 1.82) is 0 Å². The number of methoxy groups -OCH3 is 3. The summed E-state index contributed by atoms with van der Waals surface area (Å²) in [6.07, 6.45) is 0.954. The zero-order valence-corrected chi connectivity index (χ0v) is 15.9. The minimum Gasteiger partial charge on any atom is -0.493 e. The SMILES string of the molecule is COC(=O)/C(=C\c1cc(OC)c(OCc2ccccc2)c(OC)c1)CC(=O)O. The minimum absolute atomic E-state index is 0.00272. The van der Waals surface area contributed by atoms with Gasteiger partial charge in [0, 0.05) is 5.57 Å². The van der Waals surface area contributed by atoms with E-state index >= 15 is 0 Å². The zero-order valence-electron chi connectivity index (χ0n) is 15.9. The lowest BCUT2D eigenvalue weighted by Gasteiger charge is -2.16. The van der Waals surface area contributed by atoms with E-state index in [1.807, 2.05) is 30.3 Å². The summed E-state index contributed by atoms with van der Waals surface area (Å²) in [5.41, 5.74) is 1.49. The van der Waals surface area contributed by atoms with Crippen LogP contribution in [0.5, 0.6) is 17.2 Å². The Morgan fingerprint density at radius 2 is 1.61 bits per heavy atom. The molecule has 7 heteroatoms. The van der Waals surface area contributed by atoms with E-state index in [-0.39, 0.29) is 5.57 Å². The molecule has 0 heterocycles. The molecule has 0 aliphatic rings. The number of benzene rings is 2. The Morgan fingerprint density at radius 3 is 2.11 bits per heavy atom. The van der Waals surface area contributed by atoms with Gasteiger partial charge in [-0.2, -0.15) is 0 Å². The lowest BCUT2D eigenvalue weighted by molar-refractivity contribution is -0.141. The van der Waals surface area contributed by atoms with Gasteiger partial charge in [0.2, 0.25) is 5.75 Å². The molecule has 0 aliphatic carbocycles. The number of carbonyl (C=O) groups is 2. The van der Waals surface area contributed by atoms with E-state index in [2.05, 4.69) is 4.74 Å². The van der Waals surface area contributed by atoms with E-state index in [1.54, 1.807) is 12.1 Å². The van der Waals surface area contributed by atoms with Crippen LogP contribution >= 0.6 is 0 Å². The molecule has 7 nitrogen and oxygen atoms in total. The molecule has 2 rings (SSSR count). The summed E-state index contributed by atoms with van der Waals surface area (Å²) in [7, 11) is 4.16. The molecule has 0 aromatic heterocycles. The Labute approximate surface area is 163 Å². The average Bonchev–Trinajstić information content (AvgIpc) is 2.71. The molecule has 28 heavy (non-hydrogen) atoms. The normalized spacial score (nSPS) is 10.9. The van der Waals surface area contributed by atoms with Crippen LogP contribution < -0.4 is 14.2 Å². The molecule has 2 aromatic carbocycles. The van der Waals surface area contributed by atoms with E-state index in [0.717, 1.165) is 5.56 Å². The third-order valence-electron chi connectivity index (χ3n) is 3.84. The molecule has 0 radical (unpaired) electrons. The fourth-order valence-electron chi connectivity index (χ4n) is 2.53. The smallest absolute Gasteiger partial charge is 0.334 e. The minimum atomic E-state index is -1.14. The highest BCUT2D eigenvalue weighted by Crippen LogP contribution is 2.39. The number of esters is 1. The van der Waals surface area contributed by atoms with Gasteiger partial charge in [0.25, 0.3) is 0 Å². The first-order chi connectivity index (χ1) is 13.5. The van der Waals surface area contributed by atoms with Gasteiger partial charge >= 0.3 is 11.9 Å². The number of ether oxygens (including phenoxy) is 4. The first kappa shape index (κ1) is 20.8. The molecule has 0 unspecified atom stereocenters. The Hall–Kier alpha value is -3.48. The quantitative estimate of drug-likeness (QED) is 0.522. The molecule has 1 N–H and O–H groups in total. The summed E-state index contributed by atoms with van der Waals surface area (Å²) in [4.78, 5) is 22.9. The first-order valence-corrected chi connectivity index (χ1v) is 8.42. The molecule has 0 amide bonds. The molecule has 0 saturated carbocycles. The number of hydrogen-bond donors (Lipinski definition) is 1. The predicted octanol–water partition coefficient (Wildman–Crippen LogP) is 3.31. The van der Waals surface area contributed by atoms with Crippen molar-refractivity contribution in [2.24, 2.45) is 0 Å². The van der Waals surface area contributed by atoms with Crippen molar-refractivity contribution < 1.29 is 33.6 Å². The van der Waals surface area contributed by atoms with Crippen LogP contribution in [0.15, 0.2) is 48.0 Å². The Bertz CT molecular complexity index is 831. The first-order valence-electron chi connectivity index (χ1n) is 8.42. The number of carbonyl (C=O) groups excluding carboxylic acids is 1. The van der Waals surface area contributed by atoms with Crippen molar-refractivity contribution >= 4 is 18.0 Å².